The van der Waals surface area contributed by atoms with Crippen LogP contribution >= 0.6 is 27.5 Å². The number of ketones is 1. The minimum absolute atomic E-state index is 0.257. The average Bonchev–Trinajstić information content (AvgIpc) is 2.27. The Morgan fingerprint density at radius 3 is 2.53 bits per heavy atom. The van der Waals surface area contributed by atoms with Crippen LogP contribution in [0.3, 0.4) is 0 Å². The van der Waals surface area contributed by atoms with Crippen LogP contribution in [-0.2, 0) is 0 Å². The van der Waals surface area contributed by atoms with Gasteiger partial charge in [-0.05, 0) is 18.2 Å². The lowest BCUT2D eigenvalue weighted by Gasteiger charge is -2.09. The molecule has 0 aliphatic carbocycles. The fraction of sp³-hybridized carbons (Fsp3) is 0.300. The van der Waals surface area contributed by atoms with Crippen LogP contribution in [0.15, 0.2) is 18.2 Å². The van der Waals surface area contributed by atoms with Gasteiger partial charge in [-0.3, -0.25) is 4.79 Å². The molecular weight excluding hydrogens is 283 g/mol. The summed E-state index contributed by atoms with van der Waals surface area (Å²) in [6.45, 7) is 0. The second-order valence-corrected chi connectivity index (χ2v) is 4.61. The zero-order valence-corrected chi connectivity index (χ0v) is 10.6. The van der Waals surface area contributed by atoms with E-state index in [1.807, 2.05) is 0 Å². The van der Waals surface area contributed by atoms with Crippen molar-refractivity contribution in [3.8, 4) is 11.5 Å². The third-order valence-electron chi connectivity index (χ3n) is 1.87. The highest BCUT2D eigenvalue weighted by Gasteiger charge is 2.19. The second kappa shape index (κ2) is 5.37. The van der Waals surface area contributed by atoms with Crippen LogP contribution in [0.5, 0.6) is 11.5 Å². The van der Waals surface area contributed by atoms with Crippen molar-refractivity contribution >= 4 is 33.3 Å². The summed E-state index contributed by atoms with van der Waals surface area (Å²) >= 11 is 8.66. The van der Waals surface area contributed by atoms with E-state index in [-0.39, 0.29) is 5.78 Å². The largest absolute Gasteiger partial charge is 0.497 e. The van der Waals surface area contributed by atoms with E-state index < -0.39 is 4.29 Å². The molecule has 0 aliphatic rings. The van der Waals surface area contributed by atoms with Gasteiger partial charge in [0.2, 0.25) is 0 Å². The van der Waals surface area contributed by atoms with Crippen LogP contribution in [0.1, 0.15) is 10.4 Å². The van der Waals surface area contributed by atoms with Crippen LogP contribution < -0.4 is 9.47 Å². The van der Waals surface area contributed by atoms with Crippen molar-refractivity contribution < 1.29 is 14.3 Å². The van der Waals surface area contributed by atoms with Gasteiger partial charge in [-0.15, -0.1) is 11.6 Å². The number of hydrogen-bond donors (Lipinski definition) is 0. The van der Waals surface area contributed by atoms with Crippen LogP contribution in [0.4, 0.5) is 0 Å². The molecule has 0 bridgehead atoms. The number of alkyl halides is 2. The summed E-state index contributed by atoms with van der Waals surface area (Å²) in [4.78, 5) is 11.7. The number of Topliss-reactive ketones (excluding diaryl/α,β-unsaturated/α-hetero) is 1. The third kappa shape index (κ3) is 2.86. The maximum atomic E-state index is 11.7. The average molecular weight is 294 g/mol. The third-order valence-corrected chi connectivity index (χ3v) is 2.48. The van der Waals surface area contributed by atoms with E-state index in [4.69, 9.17) is 21.1 Å². The molecule has 3 nitrogen and oxygen atoms in total. The van der Waals surface area contributed by atoms with Crippen LogP contribution in [-0.4, -0.2) is 24.3 Å². The highest BCUT2D eigenvalue weighted by Crippen LogP contribution is 2.27. The lowest BCUT2D eigenvalue weighted by Crippen LogP contribution is -2.09. The Morgan fingerprint density at radius 1 is 1.40 bits per heavy atom. The summed E-state index contributed by atoms with van der Waals surface area (Å²) in [5, 5.41) is 0. The molecule has 0 saturated carbocycles. The van der Waals surface area contributed by atoms with E-state index in [1.54, 1.807) is 18.2 Å². The molecule has 0 radical (unpaired) electrons. The molecular formula is C10H10BrClO3. The normalized spacial score (nSPS) is 12.0. The monoisotopic (exact) mass is 292 g/mol. The molecule has 0 saturated heterocycles. The molecule has 5 heteroatoms. The van der Waals surface area contributed by atoms with Crippen LogP contribution in [0.25, 0.3) is 0 Å². The summed E-state index contributed by atoms with van der Waals surface area (Å²) in [7, 11) is 3.03. The van der Waals surface area contributed by atoms with Gasteiger partial charge in [-0.25, -0.2) is 0 Å². The molecule has 0 fully saturated rings. The van der Waals surface area contributed by atoms with Gasteiger partial charge in [0.05, 0.1) is 19.8 Å². The molecule has 15 heavy (non-hydrogen) atoms. The predicted molar refractivity (Wildman–Crippen MR) is 62.4 cm³/mol. The first kappa shape index (κ1) is 12.3. The number of halogens is 2. The van der Waals surface area contributed by atoms with Gasteiger partial charge in [-0.1, -0.05) is 15.9 Å². The van der Waals surface area contributed by atoms with Crippen molar-refractivity contribution in [2.75, 3.05) is 14.2 Å². The summed E-state index contributed by atoms with van der Waals surface area (Å²) in [5.41, 5.74) is 0.397. The fourth-order valence-corrected chi connectivity index (χ4v) is 1.49. The van der Waals surface area contributed by atoms with E-state index in [0.29, 0.717) is 17.1 Å². The Bertz CT molecular complexity index is 366. The smallest absolute Gasteiger partial charge is 0.195 e. The Labute approximate surface area is 101 Å². The van der Waals surface area contributed by atoms with Gasteiger partial charge in [0.15, 0.2) is 10.1 Å². The molecule has 0 aliphatic heterocycles. The second-order valence-electron chi connectivity index (χ2n) is 2.73. The van der Waals surface area contributed by atoms with E-state index in [2.05, 4.69) is 15.9 Å². The highest BCUT2D eigenvalue weighted by molar-refractivity contribution is 9.10. The van der Waals surface area contributed by atoms with Crippen molar-refractivity contribution in [2.24, 2.45) is 0 Å². The highest BCUT2D eigenvalue weighted by atomic mass is 79.9. The molecule has 0 aromatic heterocycles. The Hall–Kier alpha value is -0.740. The first-order valence-electron chi connectivity index (χ1n) is 4.14. The molecule has 1 aromatic rings. The first-order chi connectivity index (χ1) is 7.10. The lowest BCUT2D eigenvalue weighted by atomic mass is 10.1. The molecule has 0 heterocycles. The predicted octanol–water partition coefficient (Wildman–Crippen LogP) is 2.85. The minimum atomic E-state index is -0.765. The Kier molecular flexibility index (Phi) is 4.42. The van der Waals surface area contributed by atoms with Crippen molar-refractivity contribution in [1.82, 2.24) is 0 Å². The van der Waals surface area contributed by atoms with Gasteiger partial charge in [0.25, 0.3) is 0 Å². The summed E-state index contributed by atoms with van der Waals surface area (Å²) < 4.78 is 9.31. The van der Waals surface area contributed by atoms with Crippen molar-refractivity contribution in [3.05, 3.63) is 23.8 Å². The molecule has 82 valence electrons. The van der Waals surface area contributed by atoms with E-state index in [1.165, 1.54) is 14.2 Å². The minimum Gasteiger partial charge on any atom is -0.497 e. The van der Waals surface area contributed by atoms with Gasteiger partial charge >= 0.3 is 0 Å². The zero-order valence-electron chi connectivity index (χ0n) is 8.29. The number of hydrogen-bond acceptors (Lipinski definition) is 3. The van der Waals surface area contributed by atoms with Crippen molar-refractivity contribution in [2.45, 2.75) is 4.29 Å². The van der Waals surface area contributed by atoms with Gasteiger partial charge in [0, 0.05) is 0 Å². The fourth-order valence-electron chi connectivity index (χ4n) is 1.12. The first-order valence-corrected chi connectivity index (χ1v) is 5.49. The van der Waals surface area contributed by atoms with E-state index >= 15 is 0 Å². The molecule has 0 amide bonds. The number of carbonyl (C=O) groups is 1. The molecule has 1 rings (SSSR count). The number of benzene rings is 1. The zero-order chi connectivity index (χ0) is 11.4. The van der Waals surface area contributed by atoms with Crippen LogP contribution in [0.2, 0.25) is 0 Å². The maximum absolute atomic E-state index is 11.7. The van der Waals surface area contributed by atoms with Crippen molar-refractivity contribution in [1.29, 1.82) is 0 Å². The topological polar surface area (TPSA) is 35.5 Å². The number of carbonyl (C=O) groups excluding carboxylic acids is 1. The maximum Gasteiger partial charge on any atom is 0.195 e. The van der Waals surface area contributed by atoms with Gasteiger partial charge < -0.3 is 9.47 Å². The molecule has 1 unspecified atom stereocenters. The summed E-state index contributed by atoms with van der Waals surface area (Å²) in [5.74, 6) is 0.808. The SMILES string of the molecule is COc1ccc(OC)c(C(=O)C(Cl)Br)c1. The van der Waals surface area contributed by atoms with Crippen molar-refractivity contribution in [3.63, 3.8) is 0 Å². The molecule has 1 atom stereocenters. The van der Waals surface area contributed by atoms with Gasteiger partial charge in [-0.2, -0.15) is 0 Å². The quantitative estimate of drug-likeness (QED) is 0.632. The Balaban J connectivity index is 3.17. The van der Waals surface area contributed by atoms with Crippen LogP contribution in [0, 0.1) is 0 Å². The standard InChI is InChI=1S/C10H10BrClO3/c1-14-6-3-4-8(15-2)7(5-6)9(13)10(11)12/h3-5,10H,1-2H3. The molecule has 0 spiro atoms. The Morgan fingerprint density at radius 2 is 2.07 bits per heavy atom. The number of ether oxygens (including phenoxy) is 2. The lowest BCUT2D eigenvalue weighted by molar-refractivity contribution is 0.101. The number of rotatable bonds is 4. The molecule has 0 N–H and O–H groups in total. The summed E-state index contributed by atoms with van der Waals surface area (Å²) in [6, 6.07) is 4.98. The van der Waals surface area contributed by atoms with E-state index in [0.717, 1.165) is 0 Å². The number of methoxy groups -OCH3 is 2. The summed E-state index contributed by atoms with van der Waals surface area (Å²) in [6.07, 6.45) is 0. The molecule has 1 aromatic carbocycles. The van der Waals surface area contributed by atoms with Gasteiger partial charge in [0.1, 0.15) is 11.5 Å². The van der Waals surface area contributed by atoms with E-state index in [9.17, 15) is 4.79 Å².